The Bertz CT molecular complexity index is 1030. The van der Waals surface area contributed by atoms with Crippen molar-refractivity contribution in [2.45, 2.75) is 51.3 Å². The number of hydrogen-bond donors (Lipinski definition) is 1. The molecule has 1 N–H and O–H groups in total. The summed E-state index contributed by atoms with van der Waals surface area (Å²) < 4.78 is 33.4. The van der Waals surface area contributed by atoms with Crippen LogP contribution in [0.5, 0.6) is 5.75 Å². The number of amides is 1. The van der Waals surface area contributed by atoms with Gasteiger partial charge in [0.15, 0.2) is 0 Å². The van der Waals surface area contributed by atoms with Crippen LogP contribution in [-0.4, -0.2) is 38.8 Å². The lowest BCUT2D eigenvalue weighted by Crippen LogP contribution is -2.43. The van der Waals surface area contributed by atoms with E-state index in [0.29, 0.717) is 25.1 Å². The smallest absolute Gasteiger partial charge is 0.246 e. The lowest BCUT2D eigenvalue weighted by atomic mass is 9.97. The number of methoxy groups -OCH3 is 1. The Hall–Kier alpha value is -2.38. The number of carbonyl (C=O) groups excluding carboxylic acids is 1. The number of ether oxygens (including phenoxy) is 1. The molecule has 0 aromatic heterocycles. The number of para-hydroxylation sites is 1. The van der Waals surface area contributed by atoms with Gasteiger partial charge in [0.25, 0.3) is 0 Å². The fraction of sp³-hybridized carbons (Fsp3) is 0.458. The van der Waals surface area contributed by atoms with E-state index < -0.39 is 15.9 Å². The molecule has 31 heavy (non-hydrogen) atoms. The van der Waals surface area contributed by atoms with Crippen LogP contribution < -0.4 is 10.1 Å². The lowest BCUT2D eigenvalue weighted by molar-refractivity contribution is -0.120. The normalized spacial score (nSPS) is 17.4. The van der Waals surface area contributed by atoms with E-state index in [9.17, 15) is 13.2 Å². The van der Waals surface area contributed by atoms with Crippen LogP contribution in [0.4, 0.5) is 5.69 Å². The maximum atomic E-state index is 13.4. The summed E-state index contributed by atoms with van der Waals surface area (Å²) in [6.45, 7) is 6.54. The second-order valence-corrected chi connectivity index (χ2v) is 9.91. The first-order chi connectivity index (χ1) is 14.8. The third-order valence-corrected chi connectivity index (χ3v) is 7.83. The van der Waals surface area contributed by atoms with Crippen LogP contribution in [0.1, 0.15) is 43.4 Å². The fourth-order valence-corrected chi connectivity index (χ4v) is 5.89. The number of nitrogens with one attached hydrogen (secondary N) is 1. The van der Waals surface area contributed by atoms with Gasteiger partial charge in [-0.25, -0.2) is 8.42 Å². The van der Waals surface area contributed by atoms with Crippen LogP contribution in [0.3, 0.4) is 0 Å². The van der Waals surface area contributed by atoms with Gasteiger partial charge in [-0.3, -0.25) is 4.79 Å². The number of carbonyl (C=O) groups is 1. The summed E-state index contributed by atoms with van der Waals surface area (Å²) in [6.07, 6.45) is 2.95. The number of rotatable bonds is 7. The molecule has 6 nitrogen and oxygen atoms in total. The van der Waals surface area contributed by atoms with Crippen LogP contribution in [0.15, 0.2) is 41.3 Å². The number of piperidine rings is 1. The second kappa shape index (κ2) is 9.83. The van der Waals surface area contributed by atoms with Crippen molar-refractivity contribution in [3.05, 3.63) is 53.1 Å². The van der Waals surface area contributed by atoms with E-state index in [1.165, 1.54) is 11.4 Å². The number of sulfonamides is 1. The number of anilines is 1. The summed E-state index contributed by atoms with van der Waals surface area (Å²) in [5, 5.41) is 3.11. The third kappa shape index (κ3) is 4.93. The van der Waals surface area contributed by atoms with E-state index in [-0.39, 0.29) is 17.3 Å². The van der Waals surface area contributed by atoms with Gasteiger partial charge in [0.05, 0.1) is 13.0 Å². The highest BCUT2D eigenvalue weighted by atomic mass is 32.2. The lowest BCUT2D eigenvalue weighted by Gasteiger charge is -2.32. The highest BCUT2D eigenvalue weighted by molar-refractivity contribution is 7.89. The predicted octanol–water partition coefficient (Wildman–Crippen LogP) is 4.17. The van der Waals surface area contributed by atoms with Crippen molar-refractivity contribution in [3.63, 3.8) is 0 Å². The largest absolute Gasteiger partial charge is 0.495 e. The molecule has 7 heteroatoms. The summed E-state index contributed by atoms with van der Waals surface area (Å²) in [5.74, 6) is -0.192. The topological polar surface area (TPSA) is 75.7 Å². The third-order valence-electron chi connectivity index (χ3n) is 5.94. The molecule has 1 heterocycles. The van der Waals surface area contributed by atoms with Crippen molar-refractivity contribution >= 4 is 21.6 Å². The van der Waals surface area contributed by atoms with Gasteiger partial charge in [-0.15, -0.1) is 0 Å². The zero-order chi connectivity index (χ0) is 22.6. The first-order valence-electron chi connectivity index (χ1n) is 10.9. The molecule has 0 aliphatic carbocycles. The standard InChI is InChI=1S/C24H32N2O4S/c1-5-18-9-7-10-19(6-2)23(18)25-24(27)20-11-8-14-26(16-20)31(28,29)22-15-17(3)12-13-21(22)30-4/h7,9-10,12-13,15,20H,5-6,8,11,14,16H2,1-4H3,(H,25,27). The van der Waals surface area contributed by atoms with Crippen molar-refractivity contribution in [1.82, 2.24) is 4.31 Å². The summed E-state index contributed by atoms with van der Waals surface area (Å²) in [4.78, 5) is 13.3. The van der Waals surface area contributed by atoms with E-state index in [1.54, 1.807) is 12.1 Å². The molecule has 1 fully saturated rings. The molecule has 0 saturated carbocycles. The molecule has 1 unspecified atom stereocenters. The number of nitrogens with zero attached hydrogens (tertiary/aromatic N) is 1. The number of benzene rings is 2. The van der Waals surface area contributed by atoms with Crippen molar-refractivity contribution in [1.29, 1.82) is 0 Å². The molecular weight excluding hydrogens is 412 g/mol. The Balaban J connectivity index is 1.83. The molecule has 1 aliphatic rings. The predicted molar refractivity (Wildman–Crippen MR) is 123 cm³/mol. The van der Waals surface area contributed by atoms with E-state index in [1.807, 2.05) is 31.2 Å². The summed E-state index contributed by atoms with van der Waals surface area (Å²) in [6, 6.07) is 11.2. The van der Waals surface area contributed by atoms with Gasteiger partial charge < -0.3 is 10.1 Å². The summed E-state index contributed by atoms with van der Waals surface area (Å²) in [7, 11) is -2.30. The molecule has 2 aromatic carbocycles. The van der Waals surface area contributed by atoms with Crippen molar-refractivity contribution in [2.75, 3.05) is 25.5 Å². The van der Waals surface area contributed by atoms with Gasteiger partial charge >= 0.3 is 0 Å². The molecular formula is C24H32N2O4S. The molecule has 1 aliphatic heterocycles. The molecule has 0 radical (unpaired) electrons. The van der Waals surface area contributed by atoms with E-state index >= 15 is 0 Å². The Labute approximate surface area is 185 Å². The molecule has 1 atom stereocenters. The molecule has 0 bridgehead atoms. The minimum Gasteiger partial charge on any atom is -0.495 e. The van der Waals surface area contributed by atoms with Gasteiger partial charge in [0, 0.05) is 18.8 Å². The quantitative estimate of drug-likeness (QED) is 0.696. The molecule has 2 aromatic rings. The fourth-order valence-electron chi connectivity index (χ4n) is 4.13. The molecule has 1 amide bonds. The minimum atomic E-state index is -3.76. The van der Waals surface area contributed by atoms with Crippen molar-refractivity contribution in [2.24, 2.45) is 5.92 Å². The monoisotopic (exact) mass is 444 g/mol. The highest BCUT2D eigenvalue weighted by Crippen LogP contribution is 2.31. The molecule has 1 saturated heterocycles. The Morgan fingerprint density at radius 3 is 2.45 bits per heavy atom. The number of hydrogen-bond acceptors (Lipinski definition) is 4. The first kappa shape index (κ1) is 23.3. The Kier molecular flexibility index (Phi) is 7.38. The van der Waals surface area contributed by atoms with Crippen LogP contribution >= 0.6 is 0 Å². The van der Waals surface area contributed by atoms with Crippen molar-refractivity contribution in [3.8, 4) is 5.75 Å². The second-order valence-electron chi connectivity index (χ2n) is 8.00. The molecule has 168 valence electrons. The van der Waals surface area contributed by atoms with E-state index in [4.69, 9.17) is 4.74 Å². The minimum absolute atomic E-state index is 0.119. The van der Waals surface area contributed by atoms with Crippen LogP contribution in [0, 0.1) is 12.8 Å². The van der Waals surface area contributed by atoms with E-state index in [0.717, 1.165) is 35.2 Å². The van der Waals surface area contributed by atoms with Crippen LogP contribution in [0.2, 0.25) is 0 Å². The average molecular weight is 445 g/mol. The average Bonchev–Trinajstić information content (AvgIpc) is 2.79. The zero-order valence-electron chi connectivity index (χ0n) is 18.8. The summed E-state index contributed by atoms with van der Waals surface area (Å²) >= 11 is 0. The Morgan fingerprint density at radius 2 is 1.84 bits per heavy atom. The van der Waals surface area contributed by atoms with Gasteiger partial charge in [-0.05, 0) is 61.4 Å². The Morgan fingerprint density at radius 1 is 1.16 bits per heavy atom. The zero-order valence-corrected chi connectivity index (χ0v) is 19.6. The maximum Gasteiger partial charge on any atom is 0.246 e. The van der Waals surface area contributed by atoms with Crippen LogP contribution in [0.25, 0.3) is 0 Å². The van der Waals surface area contributed by atoms with Gasteiger partial charge in [0.1, 0.15) is 10.6 Å². The maximum absolute atomic E-state index is 13.4. The SMILES string of the molecule is CCc1cccc(CC)c1NC(=O)C1CCCN(S(=O)(=O)c2cc(C)ccc2OC)C1. The van der Waals surface area contributed by atoms with E-state index in [2.05, 4.69) is 19.2 Å². The van der Waals surface area contributed by atoms with Gasteiger partial charge in [0.2, 0.25) is 15.9 Å². The molecule has 3 rings (SSSR count). The van der Waals surface area contributed by atoms with Gasteiger partial charge in [-0.2, -0.15) is 4.31 Å². The summed E-state index contributed by atoms with van der Waals surface area (Å²) in [5.41, 5.74) is 3.90. The first-order valence-corrected chi connectivity index (χ1v) is 12.3. The number of aryl methyl sites for hydroxylation is 3. The van der Waals surface area contributed by atoms with Gasteiger partial charge in [-0.1, -0.05) is 38.1 Å². The molecule has 0 spiro atoms. The van der Waals surface area contributed by atoms with Crippen molar-refractivity contribution < 1.29 is 17.9 Å². The van der Waals surface area contributed by atoms with Crippen LogP contribution in [-0.2, 0) is 27.7 Å². The highest BCUT2D eigenvalue weighted by Gasteiger charge is 2.35.